The van der Waals surface area contributed by atoms with E-state index in [1.54, 1.807) is 0 Å². The zero-order valence-corrected chi connectivity index (χ0v) is 11.9. The Hall–Kier alpha value is -0.0700. The molecule has 0 aliphatic heterocycles. The number of allylic oxidation sites excluding steroid dienone is 3. The SMILES string of the molecule is CC(C)(CC(O)COC1=CCCC=C1)OI. The van der Waals surface area contributed by atoms with Crippen molar-refractivity contribution in [1.29, 1.82) is 0 Å². The van der Waals surface area contributed by atoms with Crippen molar-refractivity contribution >= 4 is 23.0 Å². The van der Waals surface area contributed by atoms with Gasteiger partial charge in [-0.3, -0.25) is 0 Å². The van der Waals surface area contributed by atoms with E-state index in [0.29, 0.717) is 13.0 Å². The van der Waals surface area contributed by atoms with Gasteiger partial charge in [0.1, 0.15) is 35.4 Å². The van der Waals surface area contributed by atoms with Crippen molar-refractivity contribution < 1.29 is 12.9 Å². The second kappa shape index (κ2) is 6.61. The highest BCUT2D eigenvalue weighted by atomic mass is 127. The van der Waals surface area contributed by atoms with Gasteiger partial charge in [-0.2, -0.15) is 0 Å². The molecule has 0 heterocycles. The fraction of sp³-hybridized carbons (Fsp3) is 0.667. The Morgan fingerprint density at radius 2 is 2.25 bits per heavy atom. The van der Waals surface area contributed by atoms with Crippen LogP contribution in [0.5, 0.6) is 0 Å². The summed E-state index contributed by atoms with van der Waals surface area (Å²) in [6.07, 6.45) is 8.24. The average Bonchev–Trinajstić information content (AvgIpc) is 2.27. The predicted octanol–water partition coefficient (Wildman–Crippen LogP) is 3.13. The summed E-state index contributed by atoms with van der Waals surface area (Å²) >= 11 is 1.86. The Kier molecular flexibility index (Phi) is 5.78. The van der Waals surface area contributed by atoms with Crippen LogP contribution < -0.4 is 0 Å². The lowest BCUT2D eigenvalue weighted by Gasteiger charge is -2.24. The van der Waals surface area contributed by atoms with E-state index in [9.17, 15) is 5.11 Å². The topological polar surface area (TPSA) is 38.7 Å². The third-order valence-corrected chi connectivity index (χ3v) is 3.53. The Bertz CT molecular complexity index is 271. The van der Waals surface area contributed by atoms with Crippen LogP contribution in [0.25, 0.3) is 0 Å². The van der Waals surface area contributed by atoms with Crippen LogP contribution in [0.4, 0.5) is 0 Å². The molecule has 0 amide bonds. The largest absolute Gasteiger partial charge is 0.491 e. The number of ether oxygens (including phenoxy) is 1. The van der Waals surface area contributed by atoms with Crippen LogP contribution in [0.1, 0.15) is 33.1 Å². The average molecular weight is 338 g/mol. The van der Waals surface area contributed by atoms with Crippen molar-refractivity contribution in [2.24, 2.45) is 0 Å². The number of hydrogen-bond donors (Lipinski definition) is 1. The van der Waals surface area contributed by atoms with Crippen molar-refractivity contribution in [2.75, 3.05) is 6.61 Å². The van der Waals surface area contributed by atoms with Crippen molar-refractivity contribution in [3.63, 3.8) is 0 Å². The Labute approximate surface area is 111 Å². The van der Waals surface area contributed by atoms with E-state index in [2.05, 4.69) is 6.08 Å². The summed E-state index contributed by atoms with van der Waals surface area (Å²) < 4.78 is 10.7. The molecule has 1 rings (SSSR count). The first-order valence-corrected chi connectivity index (χ1v) is 6.39. The molecule has 16 heavy (non-hydrogen) atoms. The number of hydrogen-bond acceptors (Lipinski definition) is 3. The maximum atomic E-state index is 9.79. The Balaban J connectivity index is 2.27. The maximum Gasteiger partial charge on any atom is 0.115 e. The minimum absolute atomic E-state index is 0.319. The molecule has 92 valence electrons. The number of halogens is 1. The molecule has 1 aliphatic carbocycles. The molecule has 0 aromatic rings. The monoisotopic (exact) mass is 338 g/mol. The van der Waals surface area contributed by atoms with Gasteiger partial charge in [0.25, 0.3) is 0 Å². The summed E-state index contributed by atoms with van der Waals surface area (Å²) in [6.45, 7) is 4.21. The summed E-state index contributed by atoms with van der Waals surface area (Å²) in [5.41, 5.74) is -0.319. The number of aliphatic hydroxyl groups excluding tert-OH is 1. The quantitative estimate of drug-likeness (QED) is 0.757. The smallest absolute Gasteiger partial charge is 0.115 e. The zero-order valence-electron chi connectivity index (χ0n) is 9.78. The molecule has 0 saturated heterocycles. The second-order valence-electron chi connectivity index (χ2n) is 4.59. The van der Waals surface area contributed by atoms with E-state index in [4.69, 9.17) is 7.80 Å². The van der Waals surface area contributed by atoms with E-state index in [1.165, 1.54) is 0 Å². The first-order valence-electron chi connectivity index (χ1n) is 5.51. The molecule has 3 nitrogen and oxygen atoms in total. The highest BCUT2D eigenvalue weighted by Crippen LogP contribution is 2.20. The van der Waals surface area contributed by atoms with Gasteiger partial charge in [0.15, 0.2) is 0 Å². The van der Waals surface area contributed by atoms with Crippen LogP contribution in [-0.4, -0.2) is 23.4 Å². The summed E-state index contributed by atoms with van der Waals surface area (Å²) in [7, 11) is 0. The molecule has 4 heteroatoms. The molecule has 1 N–H and O–H groups in total. The van der Waals surface area contributed by atoms with Gasteiger partial charge in [0.2, 0.25) is 0 Å². The van der Waals surface area contributed by atoms with Crippen LogP contribution in [0.2, 0.25) is 0 Å². The van der Waals surface area contributed by atoms with Crippen LogP contribution >= 0.6 is 23.0 Å². The van der Waals surface area contributed by atoms with E-state index in [-0.39, 0.29) is 5.60 Å². The van der Waals surface area contributed by atoms with E-state index < -0.39 is 6.10 Å². The van der Waals surface area contributed by atoms with Gasteiger partial charge in [-0.05, 0) is 38.8 Å². The van der Waals surface area contributed by atoms with Gasteiger partial charge >= 0.3 is 0 Å². The number of aliphatic hydroxyl groups is 1. The van der Waals surface area contributed by atoms with Crippen LogP contribution in [0.3, 0.4) is 0 Å². The molecule has 0 radical (unpaired) electrons. The van der Waals surface area contributed by atoms with Gasteiger partial charge in [-0.1, -0.05) is 6.08 Å². The molecule has 1 aliphatic rings. The molecule has 0 saturated carbocycles. The minimum Gasteiger partial charge on any atom is -0.491 e. The van der Waals surface area contributed by atoms with E-state index >= 15 is 0 Å². The molecule has 0 bridgehead atoms. The molecular weight excluding hydrogens is 319 g/mol. The van der Waals surface area contributed by atoms with Gasteiger partial charge < -0.3 is 12.9 Å². The lowest BCUT2D eigenvalue weighted by Crippen LogP contribution is -2.29. The first-order chi connectivity index (χ1) is 7.53. The zero-order chi connectivity index (χ0) is 12.0. The van der Waals surface area contributed by atoms with Crippen molar-refractivity contribution in [3.05, 3.63) is 24.0 Å². The third kappa shape index (κ3) is 5.32. The lowest BCUT2D eigenvalue weighted by atomic mass is 10.0. The highest BCUT2D eigenvalue weighted by molar-refractivity contribution is 14.1. The lowest BCUT2D eigenvalue weighted by molar-refractivity contribution is 0.0224. The van der Waals surface area contributed by atoms with E-state index in [1.807, 2.05) is 49.0 Å². The Morgan fingerprint density at radius 3 is 2.81 bits per heavy atom. The van der Waals surface area contributed by atoms with Crippen LogP contribution in [-0.2, 0) is 7.80 Å². The molecule has 0 spiro atoms. The van der Waals surface area contributed by atoms with Crippen molar-refractivity contribution in [2.45, 2.75) is 44.8 Å². The van der Waals surface area contributed by atoms with E-state index in [0.717, 1.165) is 18.6 Å². The summed E-state index contributed by atoms with van der Waals surface area (Å²) in [4.78, 5) is 0. The van der Waals surface area contributed by atoms with Crippen LogP contribution in [0, 0.1) is 0 Å². The maximum absolute atomic E-state index is 9.79. The minimum atomic E-state index is -0.499. The summed E-state index contributed by atoms with van der Waals surface area (Å²) in [6, 6.07) is 0. The normalized spacial score (nSPS) is 18.1. The summed E-state index contributed by atoms with van der Waals surface area (Å²) in [5.74, 6) is 0.860. The van der Waals surface area contributed by atoms with Gasteiger partial charge in [-0.25, -0.2) is 0 Å². The molecule has 1 unspecified atom stereocenters. The molecule has 0 fully saturated rings. The first kappa shape index (κ1) is 14.0. The molecular formula is C12H19IO3. The van der Waals surface area contributed by atoms with Gasteiger partial charge in [-0.15, -0.1) is 0 Å². The molecule has 1 atom stereocenters. The summed E-state index contributed by atoms with van der Waals surface area (Å²) in [5, 5.41) is 9.79. The second-order valence-corrected chi connectivity index (χ2v) is 5.03. The third-order valence-electron chi connectivity index (χ3n) is 2.34. The fourth-order valence-corrected chi connectivity index (χ4v) is 1.73. The van der Waals surface area contributed by atoms with Crippen LogP contribution in [0.15, 0.2) is 24.0 Å². The van der Waals surface area contributed by atoms with Crippen molar-refractivity contribution in [1.82, 2.24) is 0 Å². The van der Waals surface area contributed by atoms with Crippen molar-refractivity contribution in [3.8, 4) is 0 Å². The predicted molar refractivity (Wildman–Crippen MR) is 72.2 cm³/mol. The van der Waals surface area contributed by atoms with Gasteiger partial charge in [0, 0.05) is 6.42 Å². The highest BCUT2D eigenvalue weighted by Gasteiger charge is 2.22. The fourth-order valence-electron chi connectivity index (χ4n) is 1.55. The molecule has 0 aromatic carbocycles. The standard InChI is InChI=1S/C12H19IO3/c1-12(2,16-13)8-10(14)9-15-11-6-4-3-5-7-11/h4,6-7,10,14H,3,5,8-9H2,1-2H3. The van der Waals surface area contributed by atoms with Gasteiger partial charge in [0.05, 0.1) is 11.7 Å². The number of rotatable bonds is 6. The Morgan fingerprint density at radius 1 is 1.50 bits per heavy atom. The molecule has 0 aromatic heterocycles.